The van der Waals surface area contributed by atoms with Gasteiger partial charge in [-0.3, -0.25) is 0 Å². The minimum absolute atomic E-state index is 0.258. The number of benzene rings is 2. The van der Waals surface area contributed by atoms with Crippen molar-refractivity contribution in [3.05, 3.63) is 71.8 Å². The summed E-state index contributed by atoms with van der Waals surface area (Å²) in [6, 6.07) is 20.3. The van der Waals surface area contributed by atoms with Crippen LogP contribution in [0.4, 0.5) is 0 Å². The van der Waals surface area contributed by atoms with E-state index in [1.165, 1.54) is 0 Å². The molecule has 0 amide bonds. The van der Waals surface area contributed by atoms with Gasteiger partial charge in [0, 0.05) is 7.11 Å². The van der Waals surface area contributed by atoms with Crippen LogP contribution in [0.25, 0.3) is 0 Å². The van der Waals surface area contributed by atoms with Crippen LogP contribution < -0.4 is 0 Å². The van der Waals surface area contributed by atoms with E-state index in [9.17, 15) is 0 Å². The Kier molecular flexibility index (Phi) is 10.2. The minimum Gasteiger partial charge on any atom is -0.413 e. The molecule has 4 rings (SSSR count). The van der Waals surface area contributed by atoms with Gasteiger partial charge >= 0.3 is 0 Å². The van der Waals surface area contributed by atoms with Crippen molar-refractivity contribution >= 4 is 8.32 Å². The molecule has 0 saturated carbocycles. The van der Waals surface area contributed by atoms with Gasteiger partial charge in [-0.05, 0) is 27.8 Å². The van der Waals surface area contributed by atoms with Gasteiger partial charge in [0.25, 0.3) is 0 Å². The van der Waals surface area contributed by atoms with Gasteiger partial charge in [-0.2, -0.15) is 0 Å². The number of hydrogen-bond donors (Lipinski definition) is 0. The summed E-state index contributed by atoms with van der Waals surface area (Å²) in [6.45, 7) is 15.2. The van der Waals surface area contributed by atoms with Crippen molar-refractivity contribution in [3.8, 4) is 0 Å². The maximum Gasteiger partial charge on any atom is 0.200 e. The molecule has 6 nitrogen and oxygen atoms in total. The van der Waals surface area contributed by atoms with Crippen molar-refractivity contribution < 1.29 is 28.1 Å². The summed E-state index contributed by atoms with van der Waals surface area (Å²) in [7, 11) is -0.412. The summed E-state index contributed by atoms with van der Waals surface area (Å²) < 4.78 is 38.9. The molecule has 210 valence electrons. The molecule has 2 aromatic rings. The second kappa shape index (κ2) is 13.2. The van der Waals surface area contributed by atoms with E-state index in [-0.39, 0.29) is 24.4 Å². The average Bonchev–Trinajstić information content (AvgIpc) is 3.15. The number of hydrogen-bond acceptors (Lipinski definition) is 6. The van der Waals surface area contributed by atoms with Crippen LogP contribution in [0.5, 0.6) is 0 Å². The quantitative estimate of drug-likeness (QED) is 0.270. The molecule has 0 radical (unpaired) electrons. The second-order valence-corrected chi connectivity index (χ2v) is 17.0. The Balaban J connectivity index is 1.55. The van der Waals surface area contributed by atoms with Crippen LogP contribution >= 0.6 is 0 Å². The molecule has 0 aromatic heterocycles. The number of methoxy groups -OCH3 is 1. The Labute approximate surface area is 230 Å². The largest absolute Gasteiger partial charge is 0.413 e. The Morgan fingerprint density at radius 2 is 1.18 bits per heavy atom. The molecule has 2 saturated heterocycles. The van der Waals surface area contributed by atoms with Crippen LogP contribution in [0.3, 0.4) is 0 Å². The van der Waals surface area contributed by atoms with Crippen molar-refractivity contribution in [2.75, 3.05) is 13.7 Å². The van der Waals surface area contributed by atoms with E-state index in [2.05, 4.69) is 65.8 Å². The van der Waals surface area contributed by atoms with Crippen molar-refractivity contribution in [2.24, 2.45) is 0 Å². The molecule has 0 spiro atoms. The lowest BCUT2D eigenvalue weighted by atomic mass is 9.99. The highest BCUT2D eigenvalue weighted by atomic mass is 28.4. The predicted octanol–water partition coefficient (Wildman–Crippen LogP) is 6.49. The molecule has 2 fully saturated rings. The standard InChI is InChI=1S/C31H46O6Si/c1-21(2)38(22(3)4,23(5)6)35-20-26-27-28(33-18-24-14-10-8-11-15-24)29(36-26)30(31(32-7)37-27)34-19-25-16-12-9-13-17-25/h8-17,21-23,26-31H,18-20H2,1-7H3/t26-,27+,28+,29-,30-,31-/m0/s1. The highest BCUT2D eigenvalue weighted by Crippen LogP contribution is 2.44. The van der Waals surface area contributed by atoms with Gasteiger partial charge < -0.3 is 28.1 Å². The van der Waals surface area contributed by atoms with E-state index < -0.39 is 20.7 Å². The fourth-order valence-electron chi connectivity index (χ4n) is 6.52. The van der Waals surface area contributed by atoms with Crippen molar-refractivity contribution in [3.63, 3.8) is 0 Å². The van der Waals surface area contributed by atoms with Gasteiger partial charge in [0.1, 0.15) is 30.5 Å². The van der Waals surface area contributed by atoms with Gasteiger partial charge in [-0.15, -0.1) is 0 Å². The Morgan fingerprint density at radius 3 is 1.66 bits per heavy atom. The van der Waals surface area contributed by atoms with E-state index in [1.54, 1.807) is 7.11 Å². The molecule has 7 heteroatoms. The van der Waals surface area contributed by atoms with Gasteiger partial charge in [-0.1, -0.05) is 102 Å². The van der Waals surface area contributed by atoms with Crippen molar-refractivity contribution in [2.45, 2.75) is 108 Å². The molecule has 2 bridgehead atoms. The zero-order valence-corrected chi connectivity index (χ0v) is 25.0. The first-order valence-electron chi connectivity index (χ1n) is 14.1. The lowest BCUT2D eigenvalue weighted by Gasteiger charge is -2.43. The zero-order valence-electron chi connectivity index (χ0n) is 24.0. The SMILES string of the molecule is CO[C@H]1O[C@H]2[C@@H](OCc3ccccc3)[C@H](O[C@H]2CO[Si](C(C)C)(C(C)C)C(C)C)[C@@H]1OCc1ccccc1. The smallest absolute Gasteiger partial charge is 0.200 e. The molecule has 2 aliphatic rings. The molecule has 0 N–H and O–H groups in total. The summed E-state index contributed by atoms with van der Waals surface area (Å²) in [5.74, 6) is 0. The van der Waals surface area contributed by atoms with Crippen LogP contribution in [-0.4, -0.2) is 58.8 Å². The number of rotatable bonds is 13. The van der Waals surface area contributed by atoms with Crippen LogP contribution in [0.1, 0.15) is 52.7 Å². The van der Waals surface area contributed by atoms with Gasteiger partial charge in [0.2, 0.25) is 0 Å². The molecular weight excluding hydrogens is 496 g/mol. The monoisotopic (exact) mass is 542 g/mol. The first kappa shape index (κ1) is 29.4. The third-order valence-corrected chi connectivity index (χ3v) is 14.3. The lowest BCUT2D eigenvalue weighted by molar-refractivity contribution is -0.275. The van der Waals surface area contributed by atoms with Crippen LogP contribution in [0, 0.1) is 0 Å². The van der Waals surface area contributed by atoms with Gasteiger partial charge in [0.05, 0.1) is 19.8 Å². The predicted molar refractivity (Wildman–Crippen MR) is 151 cm³/mol. The van der Waals surface area contributed by atoms with Crippen LogP contribution in [0.15, 0.2) is 60.7 Å². The van der Waals surface area contributed by atoms with E-state index >= 15 is 0 Å². The Bertz CT molecular complexity index is 947. The fourth-order valence-corrected chi connectivity index (χ4v) is 12.0. The third-order valence-electron chi connectivity index (χ3n) is 8.24. The maximum atomic E-state index is 6.95. The van der Waals surface area contributed by atoms with E-state index in [0.29, 0.717) is 36.4 Å². The Morgan fingerprint density at radius 1 is 0.684 bits per heavy atom. The van der Waals surface area contributed by atoms with E-state index in [1.807, 2.05) is 36.4 Å². The van der Waals surface area contributed by atoms with E-state index in [4.69, 9.17) is 28.1 Å². The molecule has 38 heavy (non-hydrogen) atoms. The summed E-state index contributed by atoms with van der Waals surface area (Å²) in [4.78, 5) is 0. The normalized spacial score (nSPS) is 27.5. The molecule has 6 atom stereocenters. The molecule has 2 aromatic carbocycles. The molecular formula is C31H46O6Si. The Hall–Kier alpha value is -1.58. The first-order valence-corrected chi connectivity index (χ1v) is 16.2. The summed E-state index contributed by atoms with van der Waals surface area (Å²) in [5, 5.41) is 0. The van der Waals surface area contributed by atoms with Crippen LogP contribution in [-0.2, 0) is 41.3 Å². The zero-order chi connectivity index (χ0) is 27.3. The average molecular weight is 543 g/mol. The van der Waals surface area contributed by atoms with Crippen molar-refractivity contribution in [1.82, 2.24) is 0 Å². The first-order chi connectivity index (χ1) is 18.3. The summed E-state index contributed by atoms with van der Waals surface area (Å²) >= 11 is 0. The highest BCUT2D eigenvalue weighted by Gasteiger charge is 2.58. The lowest BCUT2D eigenvalue weighted by Crippen LogP contribution is -2.56. The number of ether oxygens (including phenoxy) is 5. The summed E-state index contributed by atoms with van der Waals surface area (Å²) in [5.41, 5.74) is 3.67. The number of fused-ring (bicyclic) bond motifs is 2. The topological polar surface area (TPSA) is 55.4 Å². The highest BCUT2D eigenvalue weighted by molar-refractivity contribution is 6.77. The molecule has 2 heterocycles. The minimum atomic E-state index is -2.07. The van der Waals surface area contributed by atoms with Gasteiger partial charge in [-0.25, -0.2) is 0 Å². The fraction of sp³-hybridized carbons (Fsp3) is 0.613. The summed E-state index contributed by atoms with van der Waals surface area (Å²) in [6.07, 6.45) is -2.14. The second-order valence-electron chi connectivity index (χ2n) is 11.5. The maximum absolute atomic E-state index is 6.95. The van der Waals surface area contributed by atoms with Crippen molar-refractivity contribution in [1.29, 1.82) is 0 Å². The van der Waals surface area contributed by atoms with Crippen LogP contribution in [0.2, 0.25) is 16.6 Å². The van der Waals surface area contributed by atoms with E-state index in [0.717, 1.165) is 11.1 Å². The molecule has 0 unspecified atom stereocenters. The molecule has 0 aliphatic carbocycles. The van der Waals surface area contributed by atoms with Gasteiger partial charge in [0.15, 0.2) is 14.6 Å². The molecule has 2 aliphatic heterocycles. The third kappa shape index (κ3) is 6.25.